The van der Waals surface area contributed by atoms with E-state index in [2.05, 4.69) is 10.6 Å². The van der Waals surface area contributed by atoms with Gasteiger partial charge < -0.3 is 43.4 Å². The van der Waals surface area contributed by atoms with E-state index in [-0.39, 0.29) is 6.42 Å². The van der Waals surface area contributed by atoms with E-state index in [0.717, 1.165) is 0 Å². The van der Waals surface area contributed by atoms with Crippen molar-refractivity contribution in [3.8, 4) is 0 Å². The Hall–Kier alpha value is -3.26. The van der Waals surface area contributed by atoms with Crippen LogP contribution in [0.5, 0.6) is 0 Å². The molecule has 0 fully saturated rings. The SMILES string of the molecule is CC(NC(=O)C(N)CCCCN)C(=O)NC(CCC(=O)O)C(=O)NC(CC(N)=O)C(=O)O. The first-order valence-corrected chi connectivity index (χ1v) is 9.98. The molecule has 0 bridgehead atoms. The summed E-state index contributed by atoms with van der Waals surface area (Å²) in [4.78, 5) is 70.0. The summed E-state index contributed by atoms with van der Waals surface area (Å²) in [6.45, 7) is 1.79. The Labute approximate surface area is 184 Å². The first kappa shape index (κ1) is 28.7. The van der Waals surface area contributed by atoms with E-state index in [0.29, 0.717) is 25.8 Å². The molecule has 14 heteroatoms. The molecule has 4 unspecified atom stereocenters. The lowest BCUT2D eigenvalue weighted by Gasteiger charge is -2.23. The van der Waals surface area contributed by atoms with Gasteiger partial charge in [-0.1, -0.05) is 6.42 Å². The Morgan fingerprint density at radius 3 is 1.94 bits per heavy atom. The van der Waals surface area contributed by atoms with Gasteiger partial charge in [-0.2, -0.15) is 0 Å². The molecule has 0 rings (SSSR count). The highest BCUT2D eigenvalue weighted by atomic mass is 16.4. The first-order valence-electron chi connectivity index (χ1n) is 9.98. The lowest BCUT2D eigenvalue weighted by atomic mass is 10.1. The van der Waals surface area contributed by atoms with Gasteiger partial charge >= 0.3 is 11.9 Å². The molecule has 0 aliphatic carbocycles. The summed E-state index contributed by atoms with van der Waals surface area (Å²) >= 11 is 0. The molecule has 0 saturated heterocycles. The number of amides is 4. The molecule has 0 aromatic carbocycles. The van der Waals surface area contributed by atoms with E-state index < -0.39 is 72.6 Å². The van der Waals surface area contributed by atoms with E-state index in [1.807, 2.05) is 5.32 Å². The van der Waals surface area contributed by atoms with E-state index >= 15 is 0 Å². The molecular weight excluding hydrogens is 428 g/mol. The van der Waals surface area contributed by atoms with Crippen LogP contribution in [0, 0.1) is 0 Å². The maximum Gasteiger partial charge on any atom is 0.326 e. The van der Waals surface area contributed by atoms with E-state index in [4.69, 9.17) is 27.4 Å². The molecule has 0 aliphatic rings. The van der Waals surface area contributed by atoms with Gasteiger partial charge in [-0.05, 0) is 32.7 Å². The minimum atomic E-state index is -1.66. The average molecular weight is 460 g/mol. The third-order valence-corrected chi connectivity index (χ3v) is 4.36. The standard InChI is InChI=1S/C18H32N6O8/c1-9(22-16(29)10(20)4-2-3-7-19)15(28)23-11(5-6-14(26)27)17(30)24-12(18(31)32)8-13(21)25/h9-12H,2-8,19-20H2,1H3,(H2,21,25)(H,22,29)(H,23,28)(H,24,30)(H,26,27)(H,31,32). The molecule has 4 amide bonds. The second-order valence-corrected chi connectivity index (χ2v) is 7.18. The van der Waals surface area contributed by atoms with Crippen LogP contribution in [0.1, 0.15) is 45.4 Å². The summed E-state index contributed by atoms with van der Waals surface area (Å²) in [6.07, 6.45) is 0.0873. The van der Waals surface area contributed by atoms with Crippen LogP contribution < -0.4 is 33.2 Å². The number of nitrogens with two attached hydrogens (primary N) is 3. The number of primary amides is 1. The summed E-state index contributed by atoms with van der Waals surface area (Å²) in [5.41, 5.74) is 16.1. The topological polar surface area (TPSA) is 257 Å². The molecule has 0 saturated carbocycles. The summed E-state index contributed by atoms with van der Waals surface area (Å²) in [6, 6.07) is -5.09. The summed E-state index contributed by atoms with van der Waals surface area (Å²) in [7, 11) is 0. The highest BCUT2D eigenvalue weighted by Gasteiger charge is 2.29. The number of carboxylic acids is 2. The van der Waals surface area contributed by atoms with Gasteiger partial charge in [-0.3, -0.25) is 24.0 Å². The van der Waals surface area contributed by atoms with Crippen LogP contribution in [0.4, 0.5) is 0 Å². The molecule has 0 aliphatic heterocycles. The smallest absolute Gasteiger partial charge is 0.326 e. The second-order valence-electron chi connectivity index (χ2n) is 7.18. The van der Waals surface area contributed by atoms with Gasteiger partial charge in [0.2, 0.25) is 23.6 Å². The number of carbonyl (C=O) groups excluding carboxylic acids is 4. The second kappa shape index (κ2) is 14.7. The van der Waals surface area contributed by atoms with Crippen LogP contribution in [0.3, 0.4) is 0 Å². The van der Waals surface area contributed by atoms with E-state index in [1.54, 1.807) is 0 Å². The normalized spacial score (nSPS) is 14.3. The Morgan fingerprint density at radius 2 is 1.44 bits per heavy atom. The lowest BCUT2D eigenvalue weighted by molar-refractivity contribution is -0.144. The molecule has 4 atom stereocenters. The van der Waals surface area contributed by atoms with Crippen molar-refractivity contribution < 1.29 is 39.0 Å². The van der Waals surface area contributed by atoms with Gasteiger partial charge in [0, 0.05) is 6.42 Å². The van der Waals surface area contributed by atoms with Crippen LogP contribution in [0.25, 0.3) is 0 Å². The van der Waals surface area contributed by atoms with Crippen LogP contribution in [-0.4, -0.2) is 76.5 Å². The molecule has 0 heterocycles. The number of unbranched alkanes of at least 4 members (excludes halogenated alkanes) is 1. The molecule has 11 N–H and O–H groups in total. The van der Waals surface area contributed by atoms with Gasteiger partial charge in [0.15, 0.2) is 0 Å². The van der Waals surface area contributed by atoms with Crippen molar-refractivity contribution in [1.82, 2.24) is 16.0 Å². The molecule has 182 valence electrons. The van der Waals surface area contributed by atoms with E-state index in [1.165, 1.54) is 6.92 Å². The van der Waals surface area contributed by atoms with Crippen molar-refractivity contribution in [1.29, 1.82) is 0 Å². The van der Waals surface area contributed by atoms with Crippen molar-refractivity contribution in [2.45, 2.75) is 69.6 Å². The zero-order chi connectivity index (χ0) is 24.8. The van der Waals surface area contributed by atoms with Crippen LogP contribution in [0.2, 0.25) is 0 Å². The maximum absolute atomic E-state index is 12.4. The molecule has 32 heavy (non-hydrogen) atoms. The van der Waals surface area contributed by atoms with Crippen molar-refractivity contribution in [3.63, 3.8) is 0 Å². The van der Waals surface area contributed by atoms with Gasteiger partial charge in [-0.25, -0.2) is 4.79 Å². The van der Waals surface area contributed by atoms with E-state index in [9.17, 15) is 28.8 Å². The van der Waals surface area contributed by atoms with Gasteiger partial charge in [0.05, 0.1) is 12.5 Å². The Balaban J connectivity index is 5.11. The molecule has 0 aromatic heterocycles. The zero-order valence-electron chi connectivity index (χ0n) is 17.8. The quantitative estimate of drug-likeness (QED) is 0.107. The number of carbonyl (C=O) groups is 6. The van der Waals surface area contributed by atoms with Gasteiger partial charge in [0.25, 0.3) is 0 Å². The van der Waals surface area contributed by atoms with Gasteiger partial charge in [0.1, 0.15) is 18.1 Å². The van der Waals surface area contributed by atoms with Crippen LogP contribution in [-0.2, 0) is 28.8 Å². The minimum absolute atomic E-state index is 0.359. The highest BCUT2D eigenvalue weighted by Crippen LogP contribution is 2.03. The third kappa shape index (κ3) is 11.8. The summed E-state index contributed by atoms with van der Waals surface area (Å²) in [5, 5.41) is 24.7. The summed E-state index contributed by atoms with van der Waals surface area (Å²) < 4.78 is 0. The molecule has 14 nitrogen and oxygen atoms in total. The number of rotatable bonds is 16. The van der Waals surface area contributed by atoms with Crippen molar-refractivity contribution in [2.24, 2.45) is 17.2 Å². The molecule has 0 aromatic rings. The van der Waals surface area contributed by atoms with Crippen LogP contribution >= 0.6 is 0 Å². The fraction of sp³-hybridized carbons (Fsp3) is 0.667. The highest BCUT2D eigenvalue weighted by molar-refractivity contribution is 5.94. The lowest BCUT2D eigenvalue weighted by Crippen LogP contribution is -2.56. The van der Waals surface area contributed by atoms with Gasteiger partial charge in [-0.15, -0.1) is 0 Å². The van der Waals surface area contributed by atoms with Crippen molar-refractivity contribution in [3.05, 3.63) is 0 Å². The molecule has 0 radical (unpaired) electrons. The Morgan fingerprint density at radius 1 is 0.844 bits per heavy atom. The predicted molar refractivity (Wildman–Crippen MR) is 111 cm³/mol. The van der Waals surface area contributed by atoms with Crippen molar-refractivity contribution >= 4 is 35.6 Å². The first-order chi connectivity index (χ1) is 14.9. The minimum Gasteiger partial charge on any atom is -0.481 e. The monoisotopic (exact) mass is 460 g/mol. The average Bonchev–Trinajstić information content (AvgIpc) is 2.69. The summed E-state index contributed by atoms with van der Waals surface area (Å²) in [5.74, 6) is -6.21. The number of hydrogen-bond acceptors (Lipinski definition) is 8. The largest absolute Gasteiger partial charge is 0.481 e. The maximum atomic E-state index is 12.4. The number of aliphatic carboxylic acids is 2. The third-order valence-electron chi connectivity index (χ3n) is 4.36. The Kier molecular flexibility index (Phi) is 13.2. The fourth-order valence-electron chi connectivity index (χ4n) is 2.53. The zero-order valence-corrected chi connectivity index (χ0v) is 17.8. The number of hydrogen-bond donors (Lipinski definition) is 8. The van der Waals surface area contributed by atoms with Crippen LogP contribution in [0.15, 0.2) is 0 Å². The fourth-order valence-corrected chi connectivity index (χ4v) is 2.53. The number of nitrogens with one attached hydrogen (secondary N) is 3. The van der Waals surface area contributed by atoms with Crippen molar-refractivity contribution in [2.75, 3.05) is 6.54 Å². The Bertz CT molecular complexity index is 701. The molecule has 0 spiro atoms. The molecular formula is C18H32N6O8. The predicted octanol–water partition coefficient (Wildman–Crippen LogP) is -3.26. The number of carboxylic acid groups (broad SMARTS) is 2.